The van der Waals surface area contributed by atoms with Crippen LogP contribution in [0.1, 0.15) is 25.0 Å². The van der Waals surface area contributed by atoms with Gasteiger partial charge in [0.2, 0.25) is 0 Å². The van der Waals surface area contributed by atoms with Crippen molar-refractivity contribution in [1.29, 1.82) is 0 Å². The first-order valence-electron chi connectivity index (χ1n) is 5.94. The maximum absolute atomic E-state index is 11.7. The van der Waals surface area contributed by atoms with Gasteiger partial charge in [-0.3, -0.25) is 9.48 Å². The Morgan fingerprint density at radius 3 is 3.06 bits per heavy atom. The Labute approximate surface area is 109 Å². The number of carbonyl (C=O) groups excluding carboxylic acids is 1. The van der Waals surface area contributed by atoms with Crippen molar-refractivity contribution in [1.82, 2.24) is 9.78 Å². The third kappa shape index (κ3) is 3.39. The molecule has 0 spiro atoms. The van der Waals surface area contributed by atoms with Gasteiger partial charge in [-0.1, -0.05) is 0 Å². The largest absolute Gasteiger partial charge is 0.383 e. The van der Waals surface area contributed by atoms with Gasteiger partial charge in [0.05, 0.1) is 29.5 Å². The molecule has 0 amide bonds. The summed E-state index contributed by atoms with van der Waals surface area (Å²) in [6.45, 7) is 1.37. The molecule has 1 aromatic rings. The maximum atomic E-state index is 11.7. The average Bonchev–Trinajstić information content (AvgIpc) is 3.10. The predicted molar refractivity (Wildman–Crippen MR) is 67.9 cm³/mol. The predicted octanol–water partition coefficient (Wildman–Crippen LogP) is 2.20. The molecular formula is C12H17BrN2O2. The van der Waals surface area contributed by atoms with Gasteiger partial charge in [-0.2, -0.15) is 5.10 Å². The monoisotopic (exact) mass is 300 g/mol. The molecule has 0 unspecified atom stereocenters. The normalized spacial score (nSPS) is 15.2. The summed E-state index contributed by atoms with van der Waals surface area (Å²) < 4.78 is 7.93. The van der Waals surface area contributed by atoms with E-state index in [-0.39, 0.29) is 0 Å². The molecule has 0 atom stereocenters. The topological polar surface area (TPSA) is 44.1 Å². The van der Waals surface area contributed by atoms with Crippen LogP contribution in [-0.4, -0.2) is 29.3 Å². The van der Waals surface area contributed by atoms with Gasteiger partial charge < -0.3 is 4.74 Å². The van der Waals surface area contributed by atoms with Gasteiger partial charge in [-0.05, 0) is 35.2 Å². The first-order chi connectivity index (χ1) is 8.22. The van der Waals surface area contributed by atoms with Gasteiger partial charge >= 0.3 is 0 Å². The zero-order chi connectivity index (χ0) is 12.3. The summed E-state index contributed by atoms with van der Waals surface area (Å²) in [6, 6.07) is 0. The number of nitrogens with zero attached hydrogens (tertiary/aromatic N) is 2. The lowest BCUT2D eigenvalue weighted by Crippen LogP contribution is -2.11. The lowest BCUT2D eigenvalue weighted by Gasteiger charge is -2.07. The number of methoxy groups -OCH3 is 1. The van der Waals surface area contributed by atoms with Crippen molar-refractivity contribution in [3.05, 3.63) is 16.4 Å². The van der Waals surface area contributed by atoms with Gasteiger partial charge in [-0.25, -0.2) is 0 Å². The Morgan fingerprint density at radius 2 is 2.41 bits per heavy atom. The highest BCUT2D eigenvalue weighted by Crippen LogP contribution is 2.31. The summed E-state index contributed by atoms with van der Waals surface area (Å²) in [5, 5.41) is 4.27. The minimum absolute atomic E-state index is 0.351. The zero-order valence-electron chi connectivity index (χ0n) is 9.99. The third-order valence-electron chi connectivity index (χ3n) is 3.05. The highest BCUT2D eigenvalue weighted by atomic mass is 79.9. The fourth-order valence-corrected chi connectivity index (χ4v) is 2.35. The molecule has 17 heavy (non-hydrogen) atoms. The number of halogens is 1. The standard InChI is InChI=1S/C12H17BrN2O2/c1-17-7-6-15-11(10(13)8-14-15)4-5-12(16)9-2-3-9/h8-9H,2-7H2,1H3. The quantitative estimate of drug-likeness (QED) is 0.775. The molecule has 5 heteroatoms. The lowest BCUT2D eigenvalue weighted by atomic mass is 10.1. The average molecular weight is 301 g/mol. The molecule has 0 N–H and O–H groups in total. The Hall–Kier alpha value is -0.680. The molecule has 1 aliphatic rings. The molecule has 4 nitrogen and oxygen atoms in total. The smallest absolute Gasteiger partial charge is 0.136 e. The molecule has 1 fully saturated rings. The fourth-order valence-electron chi connectivity index (χ4n) is 1.86. The van der Waals surface area contributed by atoms with E-state index in [1.54, 1.807) is 13.3 Å². The number of carbonyl (C=O) groups is 1. The number of Topliss-reactive ketones (excluding diaryl/α,β-unsaturated/α-hetero) is 1. The van der Waals surface area contributed by atoms with Crippen LogP contribution < -0.4 is 0 Å². The van der Waals surface area contributed by atoms with Crippen molar-refractivity contribution in [2.75, 3.05) is 13.7 Å². The lowest BCUT2D eigenvalue weighted by molar-refractivity contribution is -0.120. The van der Waals surface area contributed by atoms with Crippen molar-refractivity contribution in [2.24, 2.45) is 5.92 Å². The molecule has 0 bridgehead atoms. The van der Waals surface area contributed by atoms with Crippen LogP contribution in [0, 0.1) is 5.92 Å². The summed E-state index contributed by atoms with van der Waals surface area (Å²) in [4.78, 5) is 11.7. The Morgan fingerprint density at radius 1 is 1.65 bits per heavy atom. The van der Waals surface area contributed by atoms with Crippen LogP contribution in [0.5, 0.6) is 0 Å². The van der Waals surface area contributed by atoms with Crippen molar-refractivity contribution in [2.45, 2.75) is 32.2 Å². The Kier molecular flexibility index (Phi) is 4.34. The second-order valence-electron chi connectivity index (χ2n) is 4.40. The maximum Gasteiger partial charge on any atom is 0.136 e. The van der Waals surface area contributed by atoms with Crippen LogP contribution in [0.25, 0.3) is 0 Å². The van der Waals surface area contributed by atoms with Crippen molar-refractivity contribution >= 4 is 21.7 Å². The SMILES string of the molecule is COCCn1ncc(Br)c1CCC(=O)C1CC1. The molecule has 0 saturated heterocycles. The van der Waals surface area contributed by atoms with E-state index >= 15 is 0 Å². The van der Waals surface area contributed by atoms with Crippen molar-refractivity contribution in [3.8, 4) is 0 Å². The molecule has 2 rings (SSSR count). The molecular weight excluding hydrogens is 284 g/mol. The highest BCUT2D eigenvalue weighted by molar-refractivity contribution is 9.10. The summed E-state index contributed by atoms with van der Waals surface area (Å²) in [5.41, 5.74) is 1.09. The Bertz CT molecular complexity index is 399. The molecule has 1 aliphatic carbocycles. The number of ketones is 1. The van der Waals surface area contributed by atoms with Gasteiger partial charge in [0.15, 0.2) is 0 Å². The van der Waals surface area contributed by atoms with E-state index in [0.717, 1.165) is 36.0 Å². The molecule has 1 saturated carbocycles. The molecule has 0 aliphatic heterocycles. The van der Waals surface area contributed by atoms with E-state index < -0.39 is 0 Å². The Balaban J connectivity index is 1.93. The minimum Gasteiger partial charge on any atom is -0.383 e. The number of rotatable bonds is 7. The van der Waals surface area contributed by atoms with E-state index in [0.29, 0.717) is 24.7 Å². The van der Waals surface area contributed by atoms with E-state index in [4.69, 9.17) is 4.74 Å². The number of aromatic nitrogens is 2. The van der Waals surface area contributed by atoms with Crippen molar-refractivity contribution in [3.63, 3.8) is 0 Å². The second kappa shape index (κ2) is 5.78. The van der Waals surface area contributed by atoms with Crippen LogP contribution in [0.4, 0.5) is 0 Å². The van der Waals surface area contributed by atoms with Crippen LogP contribution in [0.15, 0.2) is 10.7 Å². The summed E-state index contributed by atoms with van der Waals surface area (Å²) >= 11 is 3.48. The second-order valence-corrected chi connectivity index (χ2v) is 5.25. The van der Waals surface area contributed by atoms with E-state index in [2.05, 4.69) is 21.0 Å². The molecule has 94 valence electrons. The molecule has 0 aromatic carbocycles. The summed E-state index contributed by atoms with van der Waals surface area (Å²) in [5.74, 6) is 0.750. The van der Waals surface area contributed by atoms with Crippen LogP contribution >= 0.6 is 15.9 Å². The molecule has 1 aromatic heterocycles. The fraction of sp³-hybridized carbons (Fsp3) is 0.667. The summed E-state index contributed by atoms with van der Waals surface area (Å²) in [7, 11) is 1.68. The third-order valence-corrected chi connectivity index (χ3v) is 3.71. The van der Waals surface area contributed by atoms with Crippen LogP contribution in [0.3, 0.4) is 0 Å². The van der Waals surface area contributed by atoms with Gasteiger partial charge in [-0.15, -0.1) is 0 Å². The van der Waals surface area contributed by atoms with Gasteiger partial charge in [0.1, 0.15) is 5.78 Å². The van der Waals surface area contributed by atoms with E-state index in [1.165, 1.54) is 0 Å². The first-order valence-corrected chi connectivity index (χ1v) is 6.73. The van der Waals surface area contributed by atoms with Gasteiger partial charge in [0.25, 0.3) is 0 Å². The molecule has 1 heterocycles. The highest BCUT2D eigenvalue weighted by Gasteiger charge is 2.29. The van der Waals surface area contributed by atoms with Gasteiger partial charge in [0, 0.05) is 19.4 Å². The zero-order valence-corrected chi connectivity index (χ0v) is 11.6. The number of ether oxygens (including phenoxy) is 1. The summed E-state index contributed by atoms with van der Waals surface area (Å²) in [6.07, 6.45) is 5.35. The van der Waals surface area contributed by atoms with Crippen LogP contribution in [0.2, 0.25) is 0 Å². The van der Waals surface area contributed by atoms with Crippen molar-refractivity contribution < 1.29 is 9.53 Å². The minimum atomic E-state index is 0.351. The number of hydrogen-bond acceptors (Lipinski definition) is 3. The van der Waals surface area contributed by atoms with Crippen LogP contribution in [-0.2, 0) is 22.5 Å². The molecule has 0 radical (unpaired) electrons. The first kappa shape index (κ1) is 12.8. The van der Waals surface area contributed by atoms with E-state index in [1.807, 2.05) is 4.68 Å². The van der Waals surface area contributed by atoms with E-state index in [9.17, 15) is 4.79 Å². The number of hydrogen-bond donors (Lipinski definition) is 0.